The molecule has 1 aliphatic heterocycles. The van der Waals surface area contributed by atoms with Crippen LogP contribution in [-0.2, 0) is 16.0 Å². The molecule has 1 heterocycles. The smallest absolute Gasteiger partial charge is 0.327 e. The molecule has 32 heavy (non-hydrogen) atoms. The van der Waals surface area contributed by atoms with Crippen LogP contribution < -0.4 is 0 Å². The third-order valence-corrected chi connectivity index (χ3v) is 5.72. The number of benzene rings is 1. The molecule has 1 fully saturated rings. The summed E-state index contributed by atoms with van der Waals surface area (Å²) in [6.45, 7) is 4.10. The van der Waals surface area contributed by atoms with E-state index >= 15 is 0 Å². The lowest BCUT2D eigenvalue weighted by atomic mass is 10.0. The first kappa shape index (κ1) is 25.7. The summed E-state index contributed by atoms with van der Waals surface area (Å²) < 4.78 is 28.0. The number of alkyl halides is 2. The van der Waals surface area contributed by atoms with Gasteiger partial charge in [0.15, 0.2) is 0 Å². The van der Waals surface area contributed by atoms with Crippen molar-refractivity contribution in [3.63, 3.8) is 0 Å². The van der Waals surface area contributed by atoms with Gasteiger partial charge in [0.2, 0.25) is 0 Å². The van der Waals surface area contributed by atoms with Gasteiger partial charge in [-0.1, -0.05) is 61.9 Å². The molecular formula is C25H33F2NO4. The van der Waals surface area contributed by atoms with Crippen LogP contribution in [0.25, 0.3) is 0 Å². The SMILES string of the molecule is C=C(CCCc1ccccc1)[C@H](O)C=C[C@H]1CC(F)(F)C(=O)N1CCCCCCC(=O)O. The van der Waals surface area contributed by atoms with Crippen molar-refractivity contribution in [3.05, 3.63) is 60.2 Å². The van der Waals surface area contributed by atoms with Crippen molar-refractivity contribution < 1.29 is 28.6 Å². The number of aliphatic carboxylic acids is 1. The van der Waals surface area contributed by atoms with Gasteiger partial charge in [-0.25, -0.2) is 0 Å². The van der Waals surface area contributed by atoms with Crippen molar-refractivity contribution in [3.8, 4) is 0 Å². The van der Waals surface area contributed by atoms with E-state index in [1.165, 1.54) is 22.6 Å². The molecule has 1 aliphatic rings. The lowest BCUT2D eigenvalue weighted by Gasteiger charge is -2.22. The number of carbonyl (C=O) groups excluding carboxylic acids is 1. The van der Waals surface area contributed by atoms with E-state index < -0.39 is 36.4 Å². The van der Waals surface area contributed by atoms with Crippen molar-refractivity contribution in [2.75, 3.05) is 6.54 Å². The van der Waals surface area contributed by atoms with Gasteiger partial charge in [0.1, 0.15) is 0 Å². The van der Waals surface area contributed by atoms with E-state index in [4.69, 9.17) is 5.11 Å². The molecule has 2 atom stereocenters. The zero-order chi connectivity index (χ0) is 23.6. The first-order valence-corrected chi connectivity index (χ1v) is 11.2. The fraction of sp³-hybridized carbons (Fsp3) is 0.520. The normalized spacial score (nSPS) is 18.9. The highest BCUT2D eigenvalue weighted by molar-refractivity contribution is 5.86. The molecule has 5 nitrogen and oxygen atoms in total. The third-order valence-electron chi connectivity index (χ3n) is 5.72. The number of halogens is 2. The molecule has 1 aromatic carbocycles. The maximum absolute atomic E-state index is 14.0. The second-order valence-electron chi connectivity index (χ2n) is 8.36. The molecule has 2 N–H and O–H groups in total. The molecule has 1 amide bonds. The summed E-state index contributed by atoms with van der Waals surface area (Å²) in [5, 5.41) is 19.0. The van der Waals surface area contributed by atoms with E-state index in [2.05, 4.69) is 6.58 Å². The Balaban J connectivity index is 1.81. The highest BCUT2D eigenvalue weighted by atomic mass is 19.3. The van der Waals surface area contributed by atoms with Gasteiger partial charge in [-0.3, -0.25) is 9.59 Å². The van der Waals surface area contributed by atoms with Crippen LogP contribution in [0, 0.1) is 0 Å². The fourth-order valence-corrected chi connectivity index (χ4v) is 3.85. The summed E-state index contributed by atoms with van der Waals surface area (Å²) in [6.07, 6.45) is 6.15. The number of rotatable bonds is 14. The largest absolute Gasteiger partial charge is 0.481 e. The average Bonchev–Trinajstić information content (AvgIpc) is 2.97. The van der Waals surface area contributed by atoms with Gasteiger partial charge in [0.25, 0.3) is 5.91 Å². The van der Waals surface area contributed by atoms with Crippen LogP contribution in [0.1, 0.15) is 56.9 Å². The standard InChI is InChI=1S/C25H33F2NO4/c1-19(10-9-13-20-11-5-4-6-12-20)22(29)16-15-21-18-25(26,27)24(32)28(21)17-8-3-2-7-14-23(30)31/h4-6,11-12,15-16,21-22,29H,1-3,7-10,13-14,17-18H2,(H,30,31)/t21-,22+/m0/s1. The Morgan fingerprint density at radius 2 is 1.84 bits per heavy atom. The van der Waals surface area contributed by atoms with E-state index in [-0.39, 0.29) is 13.0 Å². The number of carboxylic acids is 1. The number of hydrogen-bond acceptors (Lipinski definition) is 3. The molecule has 1 aromatic rings. The Morgan fingerprint density at radius 3 is 2.53 bits per heavy atom. The Labute approximate surface area is 188 Å². The number of aryl methyl sites for hydroxylation is 1. The molecule has 0 radical (unpaired) electrons. The second kappa shape index (κ2) is 12.5. The summed E-state index contributed by atoms with van der Waals surface area (Å²) in [7, 11) is 0. The molecule has 1 saturated heterocycles. The summed E-state index contributed by atoms with van der Waals surface area (Å²) in [5.74, 6) is -5.45. The molecule has 176 valence electrons. The van der Waals surface area contributed by atoms with E-state index in [0.29, 0.717) is 37.7 Å². The second-order valence-corrected chi connectivity index (χ2v) is 8.36. The summed E-state index contributed by atoms with van der Waals surface area (Å²) in [5.41, 5.74) is 1.81. The van der Waals surface area contributed by atoms with Gasteiger partial charge in [0.05, 0.1) is 12.1 Å². The first-order chi connectivity index (χ1) is 15.2. The van der Waals surface area contributed by atoms with Gasteiger partial charge in [-0.2, -0.15) is 8.78 Å². The van der Waals surface area contributed by atoms with E-state index in [1.54, 1.807) is 0 Å². The van der Waals surface area contributed by atoms with Crippen LogP contribution in [-0.4, -0.2) is 51.6 Å². The summed E-state index contributed by atoms with van der Waals surface area (Å²) in [6, 6.07) is 9.21. The number of aliphatic hydroxyl groups is 1. The molecule has 0 saturated carbocycles. The van der Waals surface area contributed by atoms with Crippen LogP contribution in [0.4, 0.5) is 8.78 Å². The van der Waals surface area contributed by atoms with Gasteiger partial charge in [-0.15, -0.1) is 0 Å². The predicted molar refractivity (Wildman–Crippen MR) is 119 cm³/mol. The number of carboxylic acid groups (broad SMARTS) is 1. The van der Waals surface area contributed by atoms with E-state index in [0.717, 1.165) is 12.8 Å². The Kier molecular flexibility index (Phi) is 10.0. The topological polar surface area (TPSA) is 77.8 Å². The van der Waals surface area contributed by atoms with E-state index in [1.807, 2.05) is 30.3 Å². The third kappa shape index (κ3) is 8.19. The molecule has 0 aliphatic carbocycles. The quantitative estimate of drug-likeness (QED) is 0.317. The lowest BCUT2D eigenvalue weighted by molar-refractivity contribution is -0.148. The zero-order valence-corrected chi connectivity index (χ0v) is 18.4. The van der Waals surface area contributed by atoms with Gasteiger partial charge < -0.3 is 15.1 Å². The first-order valence-electron chi connectivity index (χ1n) is 11.2. The minimum Gasteiger partial charge on any atom is -0.481 e. The monoisotopic (exact) mass is 449 g/mol. The zero-order valence-electron chi connectivity index (χ0n) is 18.4. The number of hydrogen-bond donors (Lipinski definition) is 2. The summed E-state index contributed by atoms with van der Waals surface area (Å²) in [4.78, 5) is 23.8. The number of amides is 1. The van der Waals surface area contributed by atoms with Crippen LogP contribution in [0.5, 0.6) is 0 Å². The van der Waals surface area contributed by atoms with Crippen molar-refractivity contribution in [2.45, 2.75) is 75.9 Å². The maximum atomic E-state index is 14.0. The average molecular weight is 450 g/mol. The van der Waals surface area contributed by atoms with E-state index in [9.17, 15) is 23.5 Å². The number of unbranched alkanes of at least 4 members (excludes halogenated alkanes) is 3. The van der Waals surface area contributed by atoms with Crippen LogP contribution in [0.3, 0.4) is 0 Å². The Morgan fingerprint density at radius 1 is 1.16 bits per heavy atom. The van der Waals surface area contributed by atoms with Crippen LogP contribution >= 0.6 is 0 Å². The molecule has 2 rings (SSSR count). The minimum absolute atomic E-state index is 0.0825. The van der Waals surface area contributed by atoms with Crippen molar-refractivity contribution in [1.29, 1.82) is 0 Å². The van der Waals surface area contributed by atoms with Crippen LogP contribution in [0.2, 0.25) is 0 Å². The molecule has 7 heteroatoms. The molecule has 0 spiro atoms. The maximum Gasteiger partial charge on any atom is 0.327 e. The predicted octanol–water partition coefficient (Wildman–Crippen LogP) is 4.75. The molecular weight excluding hydrogens is 416 g/mol. The van der Waals surface area contributed by atoms with Gasteiger partial charge >= 0.3 is 11.9 Å². The minimum atomic E-state index is -3.41. The molecule has 0 bridgehead atoms. The van der Waals surface area contributed by atoms with Gasteiger partial charge in [-0.05, 0) is 43.2 Å². The highest BCUT2D eigenvalue weighted by Crippen LogP contribution is 2.34. The van der Waals surface area contributed by atoms with Crippen molar-refractivity contribution >= 4 is 11.9 Å². The Hall–Kier alpha value is -2.54. The van der Waals surface area contributed by atoms with Crippen LogP contribution in [0.15, 0.2) is 54.6 Å². The van der Waals surface area contributed by atoms with Crippen molar-refractivity contribution in [2.24, 2.45) is 0 Å². The number of nitrogens with zero attached hydrogens (tertiary/aromatic N) is 1. The Bertz CT molecular complexity index is 794. The molecule has 0 aromatic heterocycles. The van der Waals surface area contributed by atoms with Crippen molar-refractivity contribution in [1.82, 2.24) is 4.90 Å². The number of likely N-dealkylation sites (tertiary alicyclic amines) is 1. The molecule has 0 unspecified atom stereocenters. The fourth-order valence-electron chi connectivity index (χ4n) is 3.85. The summed E-state index contributed by atoms with van der Waals surface area (Å²) >= 11 is 0. The lowest BCUT2D eigenvalue weighted by Crippen LogP contribution is -2.36. The van der Waals surface area contributed by atoms with Gasteiger partial charge in [0, 0.05) is 19.4 Å². The highest BCUT2D eigenvalue weighted by Gasteiger charge is 2.52. The number of aliphatic hydroxyl groups excluding tert-OH is 1. The number of carbonyl (C=O) groups is 2.